The number of nitrogens with zero attached hydrogens (tertiary/aromatic N) is 2. The molecule has 1 aliphatic carbocycles. The van der Waals surface area contributed by atoms with Crippen LogP contribution in [0, 0.1) is 11.8 Å². The molecule has 1 N–H and O–H groups in total. The van der Waals surface area contributed by atoms with Crippen LogP contribution in [0.3, 0.4) is 0 Å². The maximum Gasteiger partial charge on any atom is 0.392 e. The number of imidazole rings is 1. The molecule has 0 unspecified atom stereocenters. The molecular weight excluding hydrogens is 319 g/mol. The summed E-state index contributed by atoms with van der Waals surface area (Å²) in [6, 6.07) is 7.44. The number of alkyl halides is 3. The minimum atomic E-state index is -4.32. The lowest BCUT2D eigenvalue weighted by atomic mass is 9.78. The zero-order valence-corrected chi connectivity index (χ0v) is 13.4. The predicted octanol–water partition coefficient (Wildman–Crippen LogP) is 3.89. The quantitative estimate of drug-likeness (QED) is 0.922. The van der Waals surface area contributed by atoms with E-state index in [1.165, 1.54) is 11.9 Å². The van der Waals surface area contributed by atoms with Crippen molar-refractivity contribution in [2.75, 3.05) is 7.05 Å². The van der Waals surface area contributed by atoms with Crippen LogP contribution in [0.1, 0.15) is 31.5 Å². The monoisotopic (exact) mass is 339 g/mol. The van der Waals surface area contributed by atoms with Gasteiger partial charge in [0.1, 0.15) is 5.82 Å². The fourth-order valence-electron chi connectivity index (χ4n) is 3.48. The van der Waals surface area contributed by atoms with Gasteiger partial charge >= 0.3 is 6.18 Å². The van der Waals surface area contributed by atoms with Crippen molar-refractivity contribution in [1.82, 2.24) is 14.9 Å². The van der Waals surface area contributed by atoms with Crippen LogP contribution in [0.2, 0.25) is 0 Å². The minimum absolute atomic E-state index is 0.0401. The van der Waals surface area contributed by atoms with E-state index in [9.17, 15) is 18.0 Å². The Morgan fingerprint density at radius 1 is 1.29 bits per heavy atom. The molecule has 0 saturated heterocycles. The molecule has 1 aromatic carbocycles. The van der Waals surface area contributed by atoms with Crippen LogP contribution in [0.25, 0.3) is 11.0 Å². The van der Waals surface area contributed by atoms with Gasteiger partial charge in [0.15, 0.2) is 0 Å². The van der Waals surface area contributed by atoms with Crippen LogP contribution >= 0.6 is 0 Å². The van der Waals surface area contributed by atoms with Crippen molar-refractivity contribution in [2.24, 2.45) is 11.8 Å². The third-order valence-electron chi connectivity index (χ3n) is 4.71. The normalized spacial score (nSPS) is 21.8. The average Bonchev–Trinajstić information content (AvgIpc) is 2.95. The minimum Gasteiger partial charge on any atom is -0.340 e. The van der Waals surface area contributed by atoms with Gasteiger partial charge in [-0.1, -0.05) is 25.0 Å². The topological polar surface area (TPSA) is 49.0 Å². The van der Waals surface area contributed by atoms with Gasteiger partial charge in [-0.05, 0) is 25.0 Å². The summed E-state index contributed by atoms with van der Waals surface area (Å²) in [5.41, 5.74) is 1.62. The number of benzene rings is 1. The Balaban J connectivity index is 1.73. The van der Waals surface area contributed by atoms with Gasteiger partial charge in [-0.15, -0.1) is 0 Å². The lowest BCUT2D eigenvalue weighted by Crippen LogP contribution is -2.43. The van der Waals surface area contributed by atoms with Crippen LogP contribution in [0.5, 0.6) is 0 Å². The molecule has 4 nitrogen and oxygen atoms in total. The lowest BCUT2D eigenvalue weighted by molar-refractivity contribution is -0.200. The standard InChI is InChI=1S/C17H20F3N3O/c1-23(10-15-21-13-8-4-5-9-14(13)22-15)16(24)11-6-2-3-7-12(11)17(18,19)20/h4-5,8-9,11-12H,2-3,6-7,10H2,1H3,(H,21,22)/t11-,12-/m0/s1. The molecule has 7 heteroatoms. The van der Waals surface area contributed by atoms with Crippen molar-refractivity contribution in [2.45, 2.75) is 38.4 Å². The summed E-state index contributed by atoms with van der Waals surface area (Å²) in [6.45, 7) is 0.175. The summed E-state index contributed by atoms with van der Waals surface area (Å²) in [4.78, 5) is 21.4. The molecule has 1 fully saturated rings. The molecule has 2 aromatic rings. The number of rotatable bonds is 3. The number of carbonyl (C=O) groups excluding carboxylic acids is 1. The second-order valence-electron chi connectivity index (χ2n) is 6.43. The molecular formula is C17H20F3N3O. The maximum atomic E-state index is 13.2. The van der Waals surface area contributed by atoms with E-state index in [0.717, 1.165) is 11.0 Å². The molecule has 1 saturated carbocycles. The van der Waals surface area contributed by atoms with Crippen molar-refractivity contribution in [1.29, 1.82) is 0 Å². The number of amides is 1. The summed E-state index contributed by atoms with van der Waals surface area (Å²) in [5.74, 6) is -2.38. The zero-order chi connectivity index (χ0) is 17.3. The van der Waals surface area contributed by atoms with Crippen molar-refractivity contribution in [3.05, 3.63) is 30.1 Å². The number of hydrogen-bond donors (Lipinski definition) is 1. The SMILES string of the molecule is CN(Cc1nc2ccccc2[nH]1)C(=O)[C@H]1CCCC[C@@H]1C(F)(F)F. The van der Waals surface area contributed by atoms with Crippen molar-refractivity contribution in [3.63, 3.8) is 0 Å². The highest BCUT2D eigenvalue weighted by Crippen LogP contribution is 2.42. The molecule has 0 bridgehead atoms. The van der Waals surface area contributed by atoms with E-state index < -0.39 is 23.9 Å². The Bertz CT molecular complexity index is 692. The number of aromatic amines is 1. The summed E-state index contributed by atoms with van der Waals surface area (Å²) >= 11 is 0. The highest BCUT2D eigenvalue weighted by molar-refractivity contribution is 5.79. The molecule has 1 aromatic heterocycles. The third kappa shape index (κ3) is 3.39. The maximum absolute atomic E-state index is 13.2. The molecule has 130 valence electrons. The Morgan fingerprint density at radius 3 is 2.71 bits per heavy atom. The van der Waals surface area contributed by atoms with Crippen LogP contribution < -0.4 is 0 Å². The Labute approximate surface area is 138 Å². The van der Waals surface area contributed by atoms with E-state index in [1.54, 1.807) is 0 Å². The lowest BCUT2D eigenvalue weighted by Gasteiger charge is -2.34. The van der Waals surface area contributed by atoms with Gasteiger partial charge in [-0.3, -0.25) is 4.79 Å². The summed E-state index contributed by atoms with van der Waals surface area (Å²) in [6.07, 6.45) is -2.78. The zero-order valence-electron chi connectivity index (χ0n) is 13.4. The van der Waals surface area contributed by atoms with Gasteiger partial charge in [0.2, 0.25) is 5.91 Å². The Morgan fingerprint density at radius 2 is 2.00 bits per heavy atom. The van der Waals surface area contributed by atoms with E-state index in [0.29, 0.717) is 25.1 Å². The van der Waals surface area contributed by atoms with E-state index in [4.69, 9.17) is 0 Å². The van der Waals surface area contributed by atoms with Gasteiger partial charge < -0.3 is 9.88 Å². The van der Waals surface area contributed by atoms with E-state index >= 15 is 0 Å². The van der Waals surface area contributed by atoms with Gasteiger partial charge in [-0.2, -0.15) is 13.2 Å². The second-order valence-corrected chi connectivity index (χ2v) is 6.43. The Kier molecular flexibility index (Phi) is 4.51. The molecule has 0 aliphatic heterocycles. The van der Waals surface area contributed by atoms with Gasteiger partial charge in [-0.25, -0.2) is 4.98 Å². The van der Waals surface area contributed by atoms with Crippen LogP contribution in [-0.2, 0) is 11.3 Å². The first-order valence-corrected chi connectivity index (χ1v) is 8.11. The van der Waals surface area contributed by atoms with Gasteiger partial charge in [0.25, 0.3) is 0 Å². The number of para-hydroxylation sites is 2. The van der Waals surface area contributed by atoms with Crippen molar-refractivity contribution >= 4 is 16.9 Å². The molecule has 3 rings (SSSR count). The number of halogens is 3. The summed E-state index contributed by atoms with van der Waals surface area (Å²) in [5, 5.41) is 0. The van der Waals surface area contributed by atoms with Gasteiger partial charge in [0, 0.05) is 13.0 Å². The van der Waals surface area contributed by atoms with Crippen molar-refractivity contribution in [3.8, 4) is 0 Å². The van der Waals surface area contributed by atoms with Crippen molar-refractivity contribution < 1.29 is 18.0 Å². The van der Waals surface area contributed by atoms with E-state index in [1.807, 2.05) is 24.3 Å². The molecule has 0 radical (unpaired) electrons. The average molecular weight is 339 g/mol. The first-order valence-electron chi connectivity index (χ1n) is 8.11. The fourth-order valence-corrected chi connectivity index (χ4v) is 3.48. The highest BCUT2D eigenvalue weighted by Gasteiger charge is 2.48. The summed E-state index contributed by atoms with van der Waals surface area (Å²) < 4.78 is 39.6. The third-order valence-corrected chi connectivity index (χ3v) is 4.71. The number of fused-ring (bicyclic) bond motifs is 1. The highest BCUT2D eigenvalue weighted by atomic mass is 19.4. The second kappa shape index (κ2) is 6.45. The first kappa shape index (κ1) is 16.8. The molecule has 1 heterocycles. The van der Waals surface area contributed by atoms with Gasteiger partial charge in [0.05, 0.1) is 23.5 Å². The molecule has 1 amide bonds. The number of aromatic nitrogens is 2. The molecule has 1 aliphatic rings. The molecule has 24 heavy (non-hydrogen) atoms. The first-order chi connectivity index (χ1) is 11.4. The number of H-pyrrole nitrogens is 1. The summed E-state index contributed by atoms with van der Waals surface area (Å²) in [7, 11) is 1.54. The van der Waals surface area contributed by atoms with E-state index in [2.05, 4.69) is 9.97 Å². The predicted molar refractivity (Wildman–Crippen MR) is 84.1 cm³/mol. The largest absolute Gasteiger partial charge is 0.392 e. The van der Waals surface area contributed by atoms with Crippen LogP contribution in [-0.4, -0.2) is 34.0 Å². The molecule has 0 spiro atoms. The van der Waals surface area contributed by atoms with E-state index in [-0.39, 0.29) is 13.0 Å². The fraction of sp³-hybridized carbons (Fsp3) is 0.529. The van der Waals surface area contributed by atoms with Crippen LogP contribution in [0.4, 0.5) is 13.2 Å². The number of hydrogen-bond acceptors (Lipinski definition) is 2. The number of nitrogens with one attached hydrogen (secondary N) is 1. The number of carbonyl (C=O) groups is 1. The smallest absolute Gasteiger partial charge is 0.340 e. The Hall–Kier alpha value is -2.05. The van der Waals surface area contributed by atoms with Crippen LogP contribution in [0.15, 0.2) is 24.3 Å². The molecule has 2 atom stereocenters.